The number of aryl methyl sites for hydroxylation is 2. The van der Waals surface area contributed by atoms with Crippen LogP contribution >= 0.6 is 34.8 Å². The second kappa shape index (κ2) is 17.8. The molecule has 0 fully saturated rings. The Morgan fingerprint density at radius 3 is 1.59 bits per heavy atom. The Morgan fingerprint density at radius 1 is 0.706 bits per heavy atom. The highest BCUT2D eigenvalue weighted by molar-refractivity contribution is 6.37. The minimum absolute atomic E-state index is 0.117. The molecule has 6 rings (SSSR count). The van der Waals surface area contributed by atoms with Crippen molar-refractivity contribution in [3.63, 3.8) is 0 Å². The molecule has 0 unspecified atom stereocenters. The van der Waals surface area contributed by atoms with E-state index < -0.39 is 0 Å². The molecule has 0 saturated carbocycles. The zero-order valence-corrected chi connectivity index (χ0v) is 30.0. The Labute approximate surface area is 310 Å². The number of benzene rings is 4. The number of hydrogen-bond donors (Lipinski definition) is 4. The van der Waals surface area contributed by atoms with E-state index in [9.17, 15) is 9.59 Å². The molecule has 6 N–H and O–H groups in total. The zero-order chi connectivity index (χ0) is 36.3. The predicted molar refractivity (Wildman–Crippen MR) is 203 cm³/mol. The lowest BCUT2D eigenvalue weighted by molar-refractivity contribution is 0.101. The normalized spacial score (nSPS) is 16.1. The summed E-state index contributed by atoms with van der Waals surface area (Å²) in [5.41, 5.74) is 15.5. The van der Waals surface area contributed by atoms with Crippen LogP contribution < -0.4 is 26.8 Å². The van der Waals surface area contributed by atoms with E-state index >= 15 is 0 Å². The van der Waals surface area contributed by atoms with E-state index in [0.29, 0.717) is 56.5 Å². The first-order valence-electron chi connectivity index (χ1n) is 16.1. The minimum Gasteiger partial charge on any atom is -0.496 e. The number of carbonyl (C=O) groups is 2. The minimum atomic E-state index is -0.276. The van der Waals surface area contributed by atoms with Crippen LogP contribution in [0.15, 0.2) is 94.9 Å². The highest BCUT2D eigenvalue weighted by Crippen LogP contribution is 2.25. The molecule has 2 aliphatic rings. The Morgan fingerprint density at radius 2 is 1.16 bits per heavy atom. The van der Waals surface area contributed by atoms with Gasteiger partial charge in [0.05, 0.1) is 35.3 Å². The number of hydrogen-bond acceptors (Lipinski definition) is 9. The van der Waals surface area contributed by atoms with Gasteiger partial charge in [-0.25, -0.2) is 9.98 Å². The summed E-state index contributed by atoms with van der Waals surface area (Å²) in [5.74, 6) is -0.0910. The maximum atomic E-state index is 12.4. The Kier molecular flexibility index (Phi) is 13.0. The number of aliphatic imine (C=N–C) groups is 2. The molecule has 2 heterocycles. The van der Waals surface area contributed by atoms with Gasteiger partial charge < -0.3 is 36.3 Å². The Hall–Kier alpha value is -4.97. The van der Waals surface area contributed by atoms with Gasteiger partial charge in [-0.3, -0.25) is 9.59 Å². The number of nitrogens with two attached hydrogens (primary N) is 2. The molecule has 4 aromatic carbocycles. The second-order valence-corrected chi connectivity index (χ2v) is 13.0. The second-order valence-electron chi connectivity index (χ2n) is 11.7. The van der Waals surface area contributed by atoms with Crippen molar-refractivity contribution >= 4 is 70.0 Å². The van der Waals surface area contributed by atoms with Gasteiger partial charge in [-0.15, -0.1) is 0 Å². The largest absolute Gasteiger partial charge is 0.496 e. The zero-order valence-electron chi connectivity index (χ0n) is 27.7. The van der Waals surface area contributed by atoms with E-state index in [1.54, 1.807) is 36.4 Å². The summed E-state index contributed by atoms with van der Waals surface area (Å²) in [7, 11) is 1.50. The van der Waals surface area contributed by atoms with Crippen molar-refractivity contribution in [2.75, 3.05) is 31.0 Å². The van der Waals surface area contributed by atoms with E-state index in [4.69, 9.17) is 60.5 Å². The maximum absolute atomic E-state index is 12.4. The van der Waals surface area contributed by atoms with Gasteiger partial charge in [-0.05, 0) is 97.5 Å². The van der Waals surface area contributed by atoms with E-state index in [-0.39, 0.29) is 35.9 Å². The third kappa shape index (κ3) is 11.0. The third-order valence-corrected chi connectivity index (χ3v) is 8.79. The molecule has 14 heteroatoms. The number of anilines is 2. The summed E-state index contributed by atoms with van der Waals surface area (Å²) in [6.45, 7) is 1.09. The summed E-state index contributed by atoms with van der Waals surface area (Å²) in [6.07, 6.45) is 3.47. The van der Waals surface area contributed by atoms with Crippen LogP contribution in [-0.4, -0.2) is 56.3 Å². The van der Waals surface area contributed by atoms with Crippen LogP contribution in [0.25, 0.3) is 0 Å². The monoisotopic (exact) mass is 750 g/mol. The topological polar surface area (TPSA) is 163 Å². The first-order valence-corrected chi connectivity index (χ1v) is 17.2. The molecule has 0 saturated heterocycles. The summed E-state index contributed by atoms with van der Waals surface area (Å²) in [4.78, 5) is 33.1. The van der Waals surface area contributed by atoms with Gasteiger partial charge in [0.15, 0.2) is 0 Å². The summed E-state index contributed by atoms with van der Waals surface area (Å²) in [6, 6.07) is 25.8. The van der Waals surface area contributed by atoms with E-state index in [1.807, 2.05) is 48.5 Å². The van der Waals surface area contributed by atoms with Crippen LogP contribution in [0, 0.1) is 0 Å². The van der Waals surface area contributed by atoms with Gasteiger partial charge in [0.25, 0.3) is 23.9 Å². The summed E-state index contributed by atoms with van der Waals surface area (Å²) < 4.78 is 15.5. The Bertz CT molecular complexity index is 1900. The molecule has 11 nitrogen and oxygen atoms in total. The number of methoxy groups -OCH3 is 1. The van der Waals surface area contributed by atoms with Crippen molar-refractivity contribution in [2.45, 2.75) is 37.8 Å². The molecule has 0 bridgehead atoms. The van der Waals surface area contributed by atoms with Crippen molar-refractivity contribution < 1.29 is 23.8 Å². The molecule has 4 aromatic rings. The first-order chi connectivity index (χ1) is 24.6. The van der Waals surface area contributed by atoms with Crippen molar-refractivity contribution in [3.8, 4) is 5.75 Å². The average Bonchev–Trinajstić information content (AvgIpc) is 3.74. The van der Waals surface area contributed by atoms with Crippen molar-refractivity contribution in [1.82, 2.24) is 0 Å². The van der Waals surface area contributed by atoms with Gasteiger partial charge >= 0.3 is 0 Å². The molecular weight excluding hydrogens is 715 g/mol. The number of rotatable bonds is 11. The molecular formula is C37H37Cl3N6O5. The van der Waals surface area contributed by atoms with Crippen molar-refractivity contribution in [2.24, 2.45) is 21.5 Å². The molecule has 266 valence electrons. The van der Waals surface area contributed by atoms with Crippen LogP contribution in [-0.2, 0) is 22.3 Å². The molecule has 51 heavy (non-hydrogen) atoms. The fourth-order valence-electron chi connectivity index (χ4n) is 5.27. The Balaban J connectivity index is 0.000000198. The summed E-state index contributed by atoms with van der Waals surface area (Å²) >= 11 is 17.8. The smallest absolute Gasteiger partial charge is 0.282 e. The van der Waals surface area contributed by atoms with Gasteiger partial charge in [0, 0.05) is 21.4 Å². The molecule has 0 radical (unpaired) electrons. The highest BCUT2D eigenvalue weighted by Gasteiger charge is 2.18. The van der Waals surface area contributed by atoms with Gasteiger partial charge in [0.1, 0.15) is 19.0 Å². The molecule has 2 amide bonds. The molecule has 0 aromatic heterocycles. The lowest BCUT2D eigenvalue weighted by Crippen LogP contribution is -2.13. The fraction of sp³-hybridized carbons (Fsp3) is 0.243. The lowest BCUT2D eigenvalue weighted by atomic mass is 10.1. The number of carbonyl (C=O) groups excluding carboxylic acids is 2. The van der Waals surface area contributed by atoms with Gasteiger partial charge in [-0.2, -0.15) is 0 Å². The van der Waals surface area contributed by atoms with Crippen LogP contribution in [0.5, 0.6) is 5.75 Å². The number of ether oxygens (including phenoxy) is 3. The van der Waals surface area contributed by atoms with Crippen LogP contribution in [0.4, 0.5) is 11.4 Å². The number of halogens is 3. The molecule has 2 atom stereocenters. The predicted octanol–water partition coefficient (Wildman–Crippen LogP) is 7.14. The van der Waals surface area contributed by atoms with Crippen molar-refractivity contribution in [1.29, 1.82) is 0 Å². The fourth-order valence-corrected chi connectivity index (χ4v) is 5.92. The highest BCUT2D eigenvalue weighted by atomic mass is 35.5. The number of nitrogens with one attached hydrogen (secondary N) is 2. The number of nitrogens with zero attached hydrogens (tertiary/aromatic N) is 2. The molecule has 2 aliphatic heterocycles. The van der Waals surface area contributed by atoms with Gasteiger partial charge in [0.2, 0.25) is 0 Å². The molecule has 0 aliphatic carbocycles. The van der Waals surface area contributed by atoms with Crippen molar-refractivity contribution in [3.05, 3.63) is 122 Å². The lowest BCUT2D eigenvalue weighted by Gasteiger charge is -2.10. The van der Waals surface area contributed by atoms with Crippen LogP contribution in [0.3, 0.4) is 0 Å². The SMILES string of the molecule is COc1cc(Cl)ccc1C(=O)Nc1ccc(CC[C@H]2COC(N)=N2)cc1.NC1=N[C@@H](CCc2ccc(NC(=O)c3ccc(Cl)cc3Cl)cc2)CO1. The van der Waals surface area contributed by atoms with Crippen LogP contribution in [0.2, 0.25) is 15.1 Å². The maximum Gasteiger partial charge on any atom is 0.282 e. The number of amidine groups is 2. The third-order valence-electron chi connectivity index (χ3n) is 8.01. The van der Waals surface area contributed by atoms with E-state index in [1.165, 1.54) is 7.11 Å². The first kappa shape index (κ1) is 37.3. The summed E-state index contributed by atoms with van der Waals surface area (Å²) in [5, 5.41) is 7.01. The van der Waals surface area contributed by atoms with Crippen LogP contribution in [0.1, 0.15) is 44.7 Å². The van der Waals surface area contributed by atoms with E-state index in [2.05, 4.69) is 20.6 Å². The average molecular weight is 752 g/mol. The standard InChI is InChI=1S/C19H20ClN3O3.C18H17Cl2N3O2/c1-25-17-10-13(20)5-9-16(17)18(24)22-14-6-2-12(3-7-14)4-8-15-11-26-19(21)23-15;19-12-4-8-15(16(20)9-12)17(24)22-13-5-1-11(2-6-13)3-7-14-10-25-18(21)23-14/h2-3,5-7,9-10,15H,4,8,11H2,1H3,(H2,21,23)(H,22,24);1-2,4-6,8-9,14H,3,7,10H2,(H2,21,23)(H,22,24)/t15-;14-/m00/s1. The van der Waals surface area contributed by atoms with Gasteiger partial charge in [-0.1, -0.05) is 59.1 Å². The van der Waals surface area contributed by atoms with E-state index in [0.717, 1.165) is 36.8 Å². The molecule has 0 spiro atoms. The number of amides is 2. The quantitative estimate of drug-likeness (QED) is 0.127.